The van der Waals surface area contributed by atoms with Gasteiger partial charge in [0, 0.05) is 20.6 Å². The van der Waals surface area contributed by atoms with Crippen molar-refractivity contribution in [2.75, 3.05) is 31.8 Å². The molecule has 6 heteroatoms. The van der Waals surface area contributed by atoms with Gasteiger partial charge in [-0.2, -0.15) is 5.10 Å². The first kappa shape index (κ1) is 13.3. The van der Waals surface area contributed by atoms with Crippen LogP contribution in [0.4, 0.5) is 11.6 Å². The van der Waals surface area contributed by atoms with E-state index in [9.17, 15) is 4.79 Å². The second-order valence-electron chi connectivity index (χ2n) is 4.05. The van der Waals surface area contributed by atoms with Crippen LogP contribution in [0.15, 0.2) is 0 Å². The lowest BCUT2D eigenvalue weighted by Gasteiger charge is -2.09. The summed E-state index contributed by atoms with van der Waals surface area (Å²) in [6.07, 6.45) is 2.02. The van der Waals surface area contributed by atoms with Crippen LogP contribution in [0.1, 0.15) is 30.1 Å². The van der Waals surface area contributed by atoms with Crippen LogP contribution in [0, 0.1) is 0 Å². The van der Waals surface area contributed by atoms with Crippen LogP contribution in [0.25, 0.3) is 0 Å². The number of aryl methyl sites for hydroxylation is 1. The van der Waals surface area contributed by atoms with E-state index in [0.717, 1.165) is 12.8 Å². The molecule has 0 aromatic carbocycles. The number of anilines is 2. The van der Waals surface area contributed by atoms with Gasteiger partial charge in [-0.05, 0) is 6.42 Å². The number of ether oxygens (including phenoxy) is 1. The van der Waals surface area contributed by atoms with Gasteiger partial charge in [-0.3, -0.25) is 0 Å². The van der Waals surface area contributed by atoms with Gasteiger partial charge in [0.05, 0.1) is 7.11 Å². The van der Waals surface area contributed by atoms with Gasteiger partial charge in [-0.25, -0.2) is 9.48 Å². The van der Waals surface area contributed by atoms with Gasteiger partial charge in [-0.1, -0.05) is 13.3 Å². The molecule has 6 nitrogen and oxygen atoms in total. The van der Waals surface area contributed by atoms with E-state index < -0.39 is 5.97 Å². The number of carbonyl (C=O) groups excluding carboxylic acids is 1. The molecule has 0 fully saturated rings. The van der Waals surface area contributed by atoms with Crippen LogP contribution in [0.3, 0.4) is 0 Å². The van der Waals surface area contributed by atoms with E-state index in [1.807, 2.05) is 14.1 Å². The standard InChI is InChI=1S/C11H20N4O2/c1-5-6-7-15-9(12)8(11(16)17-4)10(13-15)14(2)3/h5-7,12H2,1-4H3. The van der Waals surface area contributed by atoms with E-state index in [1.54, 1.807) is 9.58 Å². The lowest BCUT2D eigenvalue weighted by atomic mass is 10.3. The predicted molar refractivity (Wildman–Crippen MR) is 67.2 cm³/mol. The molecular weight excluding hydrogens is 220 g/mol. The van der Waals surface area contributed by atoms with Gasteiger partial charge in [0.2, 0.25) is 0 Å². The van der Waals surface area contributed by atoms with Crippen molar-refractivity contribution in [2.45, 2.75) is 26.3 Å². The van der Waals surface area contributed by atoms with Crippen molar-refractivity contribution in [1.29, 1.82) is 0 Å². The van der Waals surface area contributed by atoms with E-state index in [-0.39, 0.29) is 0 Å². The zero-order chi connectivity index (χ0) is 13.0. The maximum atomic E-state index is 11.7. The van der Waals surface area contributed by atoms with Gasteiger partial charge in [-0.15, -0.1) is 0 Å². The lowest BCUT2D eigenvalue weighted by Crippen LogP contribution is -2.14. The molecule has 0 aliphatic carbocycles. The summed E-state index contributed by atoms with van der Waals surface area (Å²) in [4.78, 5) is 13.4. The fourth-order valence-corrected chi connectivity index (χ4v) is 1.55. The Hall–Kier alpha value is -1.72. The summed E-state index contributed by atoms with van der Waals surface area (Å²) in [7, 11) is 4.97. The third-order valence-corrected chi connectivity index (χ3v) is 2.51. The molecule has 1 rings (SSSR count). The first-order valence-corrected chi connectivity index (χ1v) is 5.64. The largest absolute Gasteiger partial charge is 0.465 e. The summed E-state index contributed by atoms with van der Waals surface area (Å²) < 4.78 is 6.38. The Morgan fingerprint density at radius 3 is 2.65 bits per heavy atom. The average Bonchev–Trinajstić information content (AvgIpc) is 2.63. The Morgan fingerprint density at radius 2 is 2.18 bits per heavy atom. The molecule has 2 N–H and O–H groups in total. The summed E-state index contributed by atoms with van der Waals surface area (Å²) in [5, 5.41) is 4.33. The molecule has 17 heavy (non-hydrogen) atoms. The minimum absolute atomic E-state index is 0.341. The highest BCUT2D eigenvalue weighted by molar-refractivity contribution is 5.99. The van der Waals surface area contributed by atoms with Crippen LogP contribution in [-0.4, -0.2) is 37.0 Å². The number of hydrogen-bond donors (Lipinski definition) is 1. The molecule has 0 spiro atoms. The lowest BCUT2D eigenvalue weighted by molar-refractivity contribution is 0.0602. The number of methoxy groups -OCH3 is 1. The fourth-order valence-electron chi connectivity index (χ4n) is 1.55. The molecule has 0 aliphatic rings. The molecule has 0 amide bonds. The maximum absolute atomic E-state index is 11.7. The Morgan fingerprint density at radius 1 is 1.53 bits per heavy atom. The van der Waals surface area contributed by atoms with E-state index in [0.29, 0.717) is 23.7 Å². The van der Waals surface area contributed by atoms with Crippen molar-refractivity contribution in [3.63, 3.8) is 0 Å². The van der Waals surface area contributed by atoms with E-state index >= 15 is 0 Å². The minimum Gasteiger partial charge on any atom is -0.465 e. The Kier molecular flexibility index (Phi) is 4.37. The number of rotatable bonds is 5. The van der Waals surface area contributed by atoms with Crippen molar-refractivity contribution >= 4 is 17.6 Å². The molecule has 1 heterocycles. The van der Waals surface area contributed by atoms with Crippen LogP contribution in [-0.2, 0) is 11.3 Å². The SMILES string of the molecule is CCCCn1nc(N(C)C)c(C(=O)OC)c1N. The summed E-state index contributed by atoms with van der Waals surface area (Å²) in [6.45, 7) is 2.80. The van der Waals surface area contributed by atoms with Gasteiger partial charge >= 0.3 is 5.97 Å². The van der Waals surface area contributed by atoms with Crippen LogP contribution in [0.2, 0.25) is 0 Å². The molecule has 0 atom stereocenters. The third kappa shape index (κ3) is 2.69. The van der Waals surface area contributed by atoms with E-state index in [1.165, 1.54) is 7.11 Å². The molecule has 0 radical (unpaired) electrons. The van der Waals surface area contributed by atoms with Crippen molar-refractivity contribution in [3.8, 4) is 0 Å². The van der Waals surface area contributed by atoms with Crippen LogP contribution < -0.4 is 10.6 Å². The van der Waals surface area contributed by atoms with Gasteiger partial charge < -0.3 is 15.4 Å². The highest BCUT2D eigenvalue weighted by Crippen LogP contribution is 2.24. The number of esters is 1. The second-order valence-corrected chi connectivity index (χ2v) is 4.05. The monoisotopic (exact) mass is 240 g/mol. The quantitative estimate of drug-likeness (QED) is 0.781. The zero-order valence-corrected chi connectivity index (χ0v) is 10.9. The first-order valence-electron chi connectivity index (χ1n) is 5.64. The van der Waals surface area contributed by atoms with Crippen molar-refractivity contribution in [2.24, 2.45) is 0 Å². The number of nitrogen functional groups attached to an aromatic ring is 1. The van der Waals surface area contributed by atoms with Crippen molar-refractivity contribution in [3.05, 3.63) is 5.56 Å². The number of aromatic nitrogens is 2. The normalized spacial score (nSPS) is 10.4. The molecule has 96 valence electrons. The Balaban J connectivity index is 3.15. The number of carbonyl (C=O) groups is 1. The zero-order valence-electron chi connectivity index (χ0n) is 10.9. The first-order chi connectivity index (χ1) is 8.02. The highest BCUT2D eigenvalue weighted by Gasteiger charge is 2.23. The summed E-state index contributed by atoms with van der Waals surface area (Å²) in [6, 6.07) is 0. The molecule has 0 bridgehead atoms. The van der Waals surface area contributed by atoms with Gasteiger partial charge in [0.1, 0.15) is 11.4 Å². The van der Waals surface area contributed by atoms with Crippen molar-refractivity contribution in [1.82, 2.24) is 9.78 Å². The minimum atomic E-state index is -0.450. The van der Waals surface area contributed by atoms with Crippen LogP contribution >= 0.6 is 0 Å². The molecule has 0 unspecified atom stereocenters. The molecule has 0 aliphatic heterocycles. The Bertz CT molecular complexity index is 398. The predicted octanol–water partition coefficient (Wildman–Crippen LogP) is 1.12. The summed E-state index contributed by atoms with van der Waals surface area (Å²) in [5.74, 6) is 0.466. The van der Waals surface area contributed by atoms with E-state index in [2.05, 4.69) is 12.0 Å². The molecule has 1 aromatic heterocycles. The Labute approximate surface area is 101 Å². The average molecular weight is 240 g/mol. The second kappa shape index (κ2) is 5.56. The topological polar surface area (TPSA) is 73.4 Å². The number of hydrogen-bond acceptors (Lipinski definition) is 5. The van der Waals surface area contributed by atoms with E-state index in [4.69, 9.17) is 10.5 Å². The third-order valence-electron chi connectivity index (χ3n) is 2.51. The smallest absolute Gasteiger partial charge is 0.345 e. The maximum Gasteiger partial charge on any atom is 0.345 e. The van der Waals surface area contributed by atoms with Crippen molar-refractivity contribution < 1.29 is 9.53 Å². The molecular formula is C11H20N4O2. The summed E-state index contributed by atoms with van der Waals surface area (Å²) >= 11 is 0. The number of nitrogens with zero attached hydrogens (tertiary/aromatic N) is 3. The molecule has 0 saturated carbocycles. The number of nitrogens with two attached hydrogens (primary N) is 1. The molecule has 0 saturated heterocycles. The fraction of sp³-hybridized carbons (Fsp3) is 0.636. The number of unbranched alkanes of at least 4 members (excludes halogenated alkanes) is 1. The van der Waals surface area contributed by atoms with Crippen LogP contribution in [0.5, 0.6) is 0 Å². The van der Waals surface area contributed by atoms with Gasteiger partial charge in [0.15, 0.2) is 5.82 Å². The van der Waals surface area contributed by atoms with Gasteiger partial charge in [0.25, 0.3) is 0 Å². The highest BCUT2D eigenvalue weighted by atomic mass is 16.5. The summed E-state index contributed by atoms with van der Waals surface area (Å²) in [5.41, 5.74) is 6.27. The molecule has 1 aromatic rings.